The third kappa shape index (κ3) is 6.65. The van der Waals surface area contributed by atoms with E-state index in [9.17, 15) is 0 Å². The summed E-state index contributed by atoms with van der Waals surface area (Å²) in [6.07, 6.45) is 0. The van der Waals surface area contributed by atoms with Crippen LogP contribution < -0.4 is 0 Å². The molecular formula is C12H21Cl. The fourth-order valence-corrected chi connectivity index (χ4v) is 0.931. The summed E-state index contributed by atoms with van der Waals surface area (Å²) in [6, 6.07) is 5.90. The summed E-state index contributed by atoms with van der Waals surface area (Å²) in [4.78, 5) is 0. The van der Waals surface area contributed by atoms with Crippen LogP contribution in [0.4, 0.5) is 0 Å². The maximum Gasteiger partial charge on any atom is 0.0408 e. The number of rotatable bonds is 0. The van der Waals surface area contributed by atoms with Crippen LogP contribution in [0.3, 0.4) is 0 Å². The SMILES string of the molecule is CC.CC.Cc1ccc(Cl)cc1C. The molecule has 1 aromatic carbocycles. The van der Waals surface area contributed by atoms with E-state index in [1.807, 2.05) is 45.9 Å². The van der Waals surface area contributed by atoms with Gasteiger partial charge in [-0.05, 0) is 37.1 Å². The van der Waals surface area contributed by atoms with Gasteiger partial charge in [0.1, 0.15) is 0 Å². The second kappa shape index (κ2) is 9.60. The van der Waals surface area contributed by atoms with Crippen molar-refractivity contribution < 1.29 is 0 Å². The van der Waals surface area contributed by atoms with Crippen LogP contribution in [0.15, 0.2) is 18.2 Å². The van der Waals surface area contributed by atoms with Crippen LogP contribution in [-0.2, 0) is 0 Å². The molecule has 1 heteroatoms. The third-order valence-electron chi connectivity index (χ3n) is 1.47. The Labute approximate surface area is 87.9 Å². The van der Waals surface area contributed by atoms with E-state index in [0.717, 1.165) is 5.02 Å². The number of hydrogen-bond donors (Lipinski definition) is 0. The zero-order valence-electron chi connectivity index (χ0n) is 9.61. The van der Waals surface area contributed by atoms with E-state index in [-0.39, 0.29) is 0 Å². The smallest absolute Gasteiger partial charge is 0.0408 e. The first-order valence-corrected chi connectivity index (χ1v) is 5.30. The topological polar surface area (TPSA) is 0 Å². The van der Waals surface area contributed by atoms with E-state index < -0.39 is 0 Å². The first-order valence-electron chi connectivity index (χ1n) is 4.93. The summed E-state index contributed by atoms with van der Waals surface area (Å²) < 4.78 is 0. The highest BCUT2D eigenvalue weighted by atomic mass is 35.5. The zero-order chi connectivity index (χ0) is 10.9. The Morgan fingerprint density at radius 2 is 1.31 bits per heavy atom. The van der Waals surface area contributed by atoms with Crippen LogP contribution in [0, 0.1) is 13.8 Å². The highest BCUT2D eigenvalue weighted by Crippen LogP contribution is 2.13. The number of halogens is 1. The minimum absolute atomic E-state index is 0.818. The monoisotopic (exact) mass is 200 g/mol. The number of aryl methyl sites for hydroxylation is 2. The predicted octanol–water partition coefficient (Wildman–Crippen LogP) is 5.01. The fourth-order valence-electron chi connectivity index (χ4n) is 0.705. The largest absolute Gasteiger partial charge is 0.0843 e. The fraction of sp³-hybridized carbons (Fsp3) is 0.500. The van der Waals surface area contributed by atoms with Crippen LogP contribution in [0.5, 0.6) is 0 Å². The van der Waals surface area contributed by atoms with Crippen molar-refractivity contribution in [3.05, 3.63) is 34.3 Å². The number of benzene rings is 1. The molecule has 13 heavy (non-hydrogen) atoms. The molecule has 0 aromatic heterocycles. The molecule has 0 radical (unpaired) electrons. The average molecular weight is 201 g/mol. The van der Waals surface area contributed by atoms with Gasteiger partial charge in [-0.3, -0.25) is 0 Å². The van der Waals surface area contributed by atoms with Gasteiger partial charge in [-0.1, -0.05) is 45.4 Å². The predicted molar refractivity (Wildman–Crippen MR) is 63.6 cm³/mol. The Kier molecular flexibility index (Phi) is 11.1. The van der Waals surface area contributed by atoms with E-state index in [0.29, 0.717) is 0 Å². The lowest BCUT2D eigenvalue weighted by Crippen LogP contribution is -1.77. The van der Waals surface area contributed by atoms with Gasteiger partial charge in [-0.2, -0.15) is 0 Å². The molecule has 0 amide bonds. The minimum Gasteiger partial charge on any atom is -0.0843 e. The van der Waals surface area contributed by atoms with Crippen LogP contribution in [0.1, 0.15) is 38.8 Å². The molecule has 1 rings (SSSR count). The molecule has 0 aliphatic heterocycles. The summed E-state index contributed by atoms with van der Waals surface area (Å²) in [5.74, 6) is 0. The molecule has 0 bridgehead atoms. The lowest BCUT2D eigenvalue weighted by molar-refractivity contribution is 1.34. The summed E-state index contributed by atoms with van der Waals surface area (Å²) in [5.41, 5.74) is 2.54. The second-order valence-electron chi connectivity index (χ2n) is 2.23. The molecule has 0 unspecified atom stereocenters. The van der Waals surface area contributed by atoms with Crippen LogP contribution >= 0.6 is 11.6 Å². The molecule has 0 nitrogen and oxygen atoms in total. The molecule has 0 fully saturated rings. The Balaban J connectivity index is 0. The summed E-state index contributed by atoms with van der Waals surface area (Å²) in [5, 5.41) is 0.818. The molecule has 76 valence electrons. The van der Waals surface area contributed by atoms with Crippen molar-refractivity contribution in [2.75, 3.05) is 0 Å². The molecular weight excluding hydrogens is 180 g/mol. The highest BCUT2D eigenvalue weighted by Gasteiger charge is 1.90. The third-order valence-corrected chi connectivity index (χ3v) is 1.70. The maximum absolute atomic E-state index is 5.72. The standard InChI is InChI=1S/C8H9Cl.2C2H6/c1-6-3-4-8(9)5-7(6)2;2*1-2/h3-5H,1-2H3;2*1-2H3. The lowest BCUT2D eigenvalue weighted by atomic mass is 10.1. The van der Waals surface area contributed by atoms with Crippen molar-refractivity contribution in [2.45, 2.75) is 41.5 Å². The number of hydrogen-bond acceptors (Lipinski definition) is 0. The van der Waals surface area contributed by atoms with Gasteiger partial charge in [-0.15, -0.1) is 0 Å². The van der Waals surface area contributed by atoms with Crippen molar-refractivity contribution >= 4 is 11.6 Å². The Hall–Kier alpha value is -0.490. The minimum atomic E-state index is 0.818. The van der Waals surface area contributed by atoms with E-state index in [1.165, 1.54) is 11.1 Å². The van der Waals surface area contributed by atoms with Gasteiger partial charge in [0.2, 0.25) is 0 Å². The van der Waals surface area contributed by atoms with Crippen LogP contribution in [0.2, 0.25) is 5.02 Å². The van der Waals surface area contributed by atoms with Gasteiger partial charge in [-0.25, -0.2) is 0 Å². The lowest BCUT2D eigenvalue weighted by Gasteiger charge is -1.97. The Morgan fingerprint density at radius 3 is 1.62 bits per heavy atom. The van der Waals surface area contributed by atoms with E-state index in [1.54, 1.807) is 0 Å². The van der Waals surface area contributed by atoms with E-state index >= 15 is 0 Å². The molecule has 0 aliphatic rings. The summed E-state index contributed by atoms with van der Waals surface area (Å²) >= 11 is 5.72. The van der Waals surface area contributed by atoms with Crippen LogP contribution in [-0.4, -0.2) is 0 Å². The molecule has 0 aliphatic carbocycles. The maximum atomic E-state index is 5.72. The highest BCUT2D eigenvalue weighted by molar-refractivity contribution is 6.30. The van der Waals surface area contributed by atoms with Crippen molar-refractivity contribution in [1.29, 1.82) is 0 Å². The molecule has 1 aromatic rings. The first-order chi connectivity index (χ1) is 6.20. The van der Waals surface area contributed by atoms with E-state index in [4.69, 9.17) is 11.6 Å². The quantitative estimate of drug-likeness (QED) is 0.553. The van der Waals surface area contributed by atoms with Crippen molar-refractivity contribution in [1.82, 2.24) is 0 Å². The summed E-state index contributed by atoms with van der Waals surface area (Å²) in [6.45, 7) is 12.1. The van der Waals surface area contributed by atoms with Crippen LogP contribution in [0.25, 0.3) is 0 Å². The van der Waals surface area contributed by atoms with Crippen molar-refractivity contribution in [2.24, 2.45) is 0 Å². The van der Waals surface area contributed by atoms with Gasteiger partial charge in [0.15, 0.2) is 0 Å². The van der Waals surface area contributed by atoms with Crippen molar-refractivity contribution in [3.63, 3.8) is 0 Å². The molecule has 0 saturated carbocycles. The zero-order valence-corrected chi connectivity index (χ0v) is 10.4. The normalized spacial score (nSPS) is 7.62. The second-order valence-corrected chi connectivity index (χ2v) is 2.67. The summed E-state index contributed by atoms with van der Waals surface area (Å²) in [7, 11) is 0. The average Bonchev–Trinajstić information content (AvgIpc) is 2.18. The molecule has 0 saturated heterocycles. The molecule has 0 atom stereocenters. The molecule has 0 spiro atoms. The first kappa shape index (κ1) is 15.0. The van der Waals surface area contributed by atoms with E-state index in [2.05, 4.69) is 13.8 Å². The van der Waals surface area contributed by atoms with Gasteiger partial charge in [0, 0.05) is 5.02 Å². The molecule has 0 N–H and O–H groups in total. The van der Waals surface area contributed by atoms with Crippen molar-refractivity contribution in [3.8, 4) is 0 Å². The van der Waals surface area contributed by atoms with Gasteiger partial charge >= 0.3 is 0 Å². The molecule has 0 heterocycles. The Bertz CT molecular complexity index is 216. The van der Waals surface area contributed by atoms with Gasteiger partial charge in [0.25, 0.3) is 0 Å². The van der Waals surface area contributed by atoms with Gasteiger partial charge < -0.3 is 0 Å². The van der Waals surface area contributed by atoms with Gasteiger partial charge in [0.05, 0.1) is 0 Å². The Morgan fingerprint density at radius 1 is 0.846 bits per heavy atom.